The van der Waals surface area contributed by atoms with Gasteiger partial charge in [-0.3, -0.25) is 0 Å². The summed E-state index contributed by atoms with van der Waals surface area (Å²) in [5, 5.41) is 0. The number of alkyl halides is 1. The van der Waals surface area contributed by atoms with Gasteiger partial charge in [0.15, 0.2) is 0 Å². The Hall–Kier alpha value is -0.110. The largest absolute Gasteiger partial charge is 0.243 e. The molecule has 0 heterocycles. The molecule has 3 heteroatoms. The number of hydrogen-bond donors (Lipinski definition) is 0. The van der Waals surface area contributed by atoms with Crippen LogP contribution in [0.3, 0.4) is 0 Å². The minimum atomic E-state index is -1.11. The molecular weight excluding hydrogens is 109 g/mol. The molecule has 0 aromatic rings. The maximum atomic E-state index is 11.2. The van der Waals surface area contributed by atoms with Gasteiger partial charge in [-0.05, 0) is 0 Å². The lowest BCUT2D eigenvalue weighted by Gasteiger charge is -1.75. The zero-order valence-electron chi connectivity index (χ0n) is 2.92. The molecule has 0 spiro atoms. The van der Waals surface area contributed by atoms with E-state index >= 15 is 0 Å². The lowest BCUT2D eigenvalue weighted by atomic mass is 10.7. The Labute approximate surface area is 39.4 Å². The van der Waals surface area contributed by atoms with Gasteiger partial charge in [-0.1, -0.05) is 11.6 Å². The van der Waals surface area contributed by atoms with E-state index in [0.29, 0.717) is 5.54 Å². The number of allylic oxidation sites excluding steroid dienone is 1. The van der Waals surface area contributed by atoms with Crippen molar-refractivity contribution < 1.29 is 8.78 Å². The SMILES string of the molecule is FC/C(F)=C/Cl. The van der Waals surface area contributed by atoms with E-state index in [1.807, 2.05) is 0 Å². The van der Waals surface area contributed by atoms with E-state index in [4.69, 9.17) is 0 Å². The van der Waals surface area contributed by atoms with Gasteiger partial charge in [-0.15, -0.1) is 0 Å². The second-order valence-corrected chi connectivity index (χ2v) is 0.908. The van der Waals surface area contributed by atoms with Crippen molar-refractivity contribution in [2.75, 3.05) is 6.67 Å². The topological polar surface area (TPSA) is 0 Å². The summed E-state index contributed by atoms with van der Waals surface area (Å²) in [5.74, 6) is -0.934. The smallest absolute Gasteiger partial charge is 0.142 e. The Morgan fingerprint density at radius 2 is 2.33 bits per heavy atom. The van der Waals surface area contributed by atoms with Gasteiger partial charge in [-0.2, -0.15) is 0 Å². The van der Waals surface area contributed by atoms with Crippen LogP contribution in [0.1, 0.15) is 0 Å². The Bertz CT molecular complexity index is 59.8. The number of rotatable bonds is 1. The van der Waals surface area contributed by atoms with Crippen LogP contribution >= 0.6 is 11.6 Å². The molecule has 0 aromatic heterocycles. The van der Waals surface area contributed by atoms with Crippen LogP contribution in [-0.4, -0.2) is 6.67 Å². The van der Waals surface area contributed by atoms with Gasteiger partial charge in [0.25, 0.3) is 0 Å². The fraction of sp³-hybridized carbons (Fsp3) is 0.333. The third-order valence-corrected chi connectivity index (χ3v) is 0.483. The zero-order chi connectivity index (χ0) is 4.99. The van der Waals surface area contributed by atoms with Crippen molar-refractivity contribution in [1.82, 2.24) is 0 Å². The summed E-state index contributed by atoms with van der Waals surface area (Å²) >= 11 is 4.68. The molecule has 0 aliphatic rings. The molecule has 0 saturated heterocycles. The minimum Gasteiger partial charge on any atom is -0.243 e. The molecule has 0 amide bonds. The van der Waals surface area contributed by atoms with Crippen molar-refractivity contribution in [3.05, 3.63) is 11.4 Å². The van der Waals surface area contributed by atoms with Crippen molar-refractivity contribution in [1.29, 1.82) is 0 Å². The molecule has 0 radical (unpaired) electrons. The molecule has 0 bridgehead atoms. The van der Waals surface area contributed by atoms with Crippen molar-refractivity contribution in [3.8, 4) is 0 Å². The van der Waals surface area contributed by atoms with Crippen molar-refractivity contribution >= 4 is 11.6 Å². The summed E-state index contributed by atoms with van der Waals surface area (Å²) in [4.78, 5) is 0. The molecule has 0 N–H and O–H groups in total. The molecule has 0 aliphatic carbocycles. The van der Waals surface area contributed by atoms with Crippen molar-refractivity contribution in [3.63, 3.8) is 0 Å². The van der Waals surface area contributed by atoms with Gasteiger partial charge < -0.3 is 0 Å². The van der Waals surface area contributed by atoms with Crippen LogP contribution in [0.2, 0.25) is 0 Å². The van der Waals surface area contributed by atoms with E-state index in [9.17, 15) is 8.78 Å². The highest BCUT2D eigenvalue weighted by molar-refractivity contribution is 6.25. The van der Waals surface area contributed by atoms with E-state index in [-0.39, 0.29) is 0 Å². The number of halogens is 3. The summed E-state index contributed by atoms with van der Waals surface area (Å²) in [7, 11) is 0. The highest BCUT2D eigenvalue weighted by Gasteiger charge is 1.84. The van der Waals surface area contributed by atoms with Crippen LogP contribution in [0.25, 0.3) is 0 Å². The van der Waals surface area contributed by atoms with Crippen LogP contribution in [0, 0.1) is 0 Å². The average Bonchev–Trinajstić information content (AvgIpc) is 1.65. The van der Waals surface area contributed by atoms with Gasteiger partial charge >= 0.3 is 0 Å². The van der Waals surface area contributed by atoms with Crippen LogP contribution in [0.4, 0.5) is 8.78 Å². The van der Waals surface area contributed by atoms with Crippen LogP contribution in [0.15, 0.2) is 11.4 Å². The quantitative estimate of drug-likeness (QED) is 0.487. The summed E-state index contributed by atoms with van der Waals surface area (Å²) in [6.45, 7) is -1.11. The molecule has 6 heavy (non-hydrogen) atoms. The molecule has 0 aliphatic heterocycles. The molecule has 0 unspecified atom stereocenters. The minimum absolute atomic E-state index is 0.569. The zero-order valence-corrected chi connectivity index (χ0v) is 3.67. The first-order valence-corrected chi connectivity index (χ1v) is 1.75. The first-order chi connectivity index (χ1) is 2.81. The fourth-order valence-corrected chi connectivity index (χ4v) is 0.0875. The predicted octanol–water partition coefficient (Wildman–Crippen LogP) is 2.01. The second kappa shape index (κ2) is 3.09. The van der Waals surface area contributed by atoms with Crippen LogP contribution < -0.4 is 0 Å². The van der Waals surface area contributed by atoms with E-state index in [2.05, 4.69) is 11.6 Å². The highest BCUT2D eigenvalue weighted by atomic mass is 35.5. The van der Waals surface area contributed by atoms with Gasteiger partial charge in [0.05, 0.1) is 0 Å². The Kier molecular flexibility index (Phi) is 3.04. The Morgan fingerprint density at radius 3 is 2.33 bits per heavy atom. The molecule has 0 rings (SSSR count). The highest BCUT2D eigenvalue weighted by Crippen LogP contribution is 1.96. The van der Waals surface area contributed by atoms with Gasteiger partial charge in [0.1, 0.15) is 12.5 Å². The third kappa shape index (κ3) is 2.15. The van der Waals surface area contributed by atoms with Crippen molar-refractivity contribution in [2.45, 2.75) is 0 Å². The molecule has 0 fully saturated rings. The second-order valence-electron chi connectivity index (χ2n) is 0.690. The molecule has 0 saturated carbocycles. The normalized spacial score (nSPS) is 12.2. The van der Waals surface area contributed by atoms with E-state index in [0.717, 1.165) is 0 Å². The monoisotopic (exact) mass is 112 g/mol. The predicted molar refractivity (Wildman–Crippen MR) is 21.0 cm³/mol. The van der Waals surface area contributed by atoms with Gasteiger partial charge in [0.2, 0.25) is 0 Å². The standard InChI is InChI=1S/C3H3ClF2/c4-1-3(6)2-5/h1H,2H2/b3-1-. The lowest BCUT2D eigenvalue weighted by molar-refractivity contribution is 0.460. The van der Waals surface area contributed by atoms with Crippen molar-refractivity contribution in [2.24, 2.45) is 0 Å². The van der Waals surface area contributed by atoms with Gasteiger partial charge in [0, 0.05) is 5.54 Å². The summed E-state index contributed by atoms with van der Waals surface area (Å²) in [5.41, 5.74) is 0.569. The first-order valence-electron chi connectivity index (χ1n) is 1.32. The summed E-state index contributed by atoms with van der Waals surface area (Å²) < 4.78 is 22.1. The molecule has 0 aromatic carbocycles. The number of hydrogen-bond acceptors (Lipinski definition) is 0. The fourth-order valence-electron chi connectivity index (χ4n) is 0.0292. The average molecular weight is 113 g/mol. The maximum absolute atomic E-state index is 11.2. The van der Waals surface area contributed by atoms with E-state index in [1.165, 1.54) is 0 Å². The van der Waals surface area contributed by atoms with E-state index in [1.54, 1.807) is 0 Å². The van der Waals surface area contributed by atoms with Crippen LogP contribution in [0.5, 0.6) is 0 Å². The maximum Gasteiger partial charge on any atom is 0.142 e. The van der Waals surface area contributed by atoms with E-state index < -0.39 is 12.5 Å². The molecular formula is C3H3ClF2. The third-order valence-electron chi connectivity index (χ3n) is 0.246. The van der Waals surface area contributed by atoms with Crippen LogP contribution in [-0.2, 0) is 0 Å². The summed E-state index contributed by atoms with van der Waals surface area (Å²) in [6, 6.07) is 0. The first kappa shape index (κ1) is 5.89. The molecule has 0 atom stereocenters. The Balaban J connectivity index is 3.22. The summed E-state index contributed by atoms with van der Waals surface area (Å²) in [6.07, 6.45) is 0. The Morgan fingerprint density at radius 1 is 1.83 bits per heavy atom. The molecule has 36 valence electrons. The molecule has 0 nitrogen and oxygen atoms in total. The lowest BCUT2D eigenvalue weighted by Crippen LogP contribution is -1.68. The van der Waals surface area contributed by atoms with Gasteiger partial charge in [-0.25, -0.2) is 8.78 Å².